The molecule has 6 heteroatoms. The number of aromatic amines is 3. The van der Waals surface area contributed by atoms with E-state index in [4.69, 9.17) is 0 Å². The number of nitrogens with one attached hydrogen (secondary N) is 3. The fraction of sp³-hybridized carbons (Fsp3) is 0.0833. The van der Waals surface area contributed by atoms with Crippen LogP contribution in [0.2, 0.25) is 0 Å². The molecular weight excluding hydrogens is 232 g/mol. The third kappa shape index (κ3) is 1.64. The Bertz CT molecular complexity index is 824. The molecule has 18 heavy (non-hydrogen) atoms. The van der Waals surface area contributed by atoms with Gasteiger partial charge in [0.15, 0.2) is 5.65 Å². The smallest absolute Gasteiger partial charge is 0.327 e. The van der Waals surface area contributed by atoms with Gasteiger partial charge in [-0.25, -0.2) is 9.78 Å². The van der Waals surface area contributed by atoms with Crippen molar-refractivity contribution in [3.05, 3.63) is 50.7 Å². The van der Waals surface area contributed by atoms with Gasteiger partial charge in [-0.2, -0.15) is 0 Å². The average molecular weight is 242 g/mol. The molecule has 0 saturated carbocycles. The van der Waals surface area contributed by atoms with E-state index in [0.717, 1.165) is 11.1 Å². The molecule has 1 aromatic carbocycles. The highest BCUT2D eigenvalue weighted by Crippen LogP contribution is 2.17. The summed E-state index contributed by atoms with van der Waals surface area (Å²) in [6, 6.07) is 7.71. The first-order valence-corrected chi connectivity index (χ1v) is 5.43. The molecule has 0 atom stereocenters. The van der Waals surface area contributed by atoms with Crippen LogP contribution in [0.5, 0.6) is 0 Å². The van der Waals surface area contributed by atoms with Crippen molar-refractivity contribution in [2.24, 2.45) is 0 Å². The normalized spacial score (nSPS) is 10.9. The maximum atomic E-state index is 11.6. The van der Waals surface area contributed by atoms with E-state index in [1.165, 1.54) is 0 Å². The number of hydrogen-bond donors (Lipinski definition) is 3. The highest BCUT2D eigenvalue weighted by Gasteiger charge is 2.08. The van der Waals surface area contributed by atoms with Crippen molar-refractivity contribution in [2.75, 3.05) is 0 Å². The molecule has 90 valence electrons. The second-order valence-corrected chi connectivity index (χ2v) is 4.08. The molecule has 0 spiro atoms. The predicted octanol–water partition coefficient (Wildman–Crippen LogP) is 0.915. The third-order valence-corrected chi connectivity index (χ3v) is 2.71. The van der Waals surface area contributed by atoms with E-state index in [9.17, 15) is 9.59 Å². The second kappa shape index (κ2) is 3.69. The summed E-state index contributed by atoms with van der Waals surface area (Å²) in [6.45, 7) is 1.99. The van der Waals surface area contributed by atoms with Crippen molar-refractivity contribution in [1.29, 1.82) is 0 Å². The third-order valence-electron chi connectivity index (χ3n) is 2.71. The zero-order chi connectivity index (χ0) is 12.7. The number of hydrogen-bond acceptors (Lipinski definition) is 3. The minimum absolute atomic E-state index is 0.263. The lowest BCUT2D eigenvalue weighted by atomic mass is 10.1. The van der Waals surface area contributed by atoms with E-state index in [1.54, 1.807) is 0 Å². The fourth-order valence-corrected chi connectivity index (χ4v) is 1.78. The lowest BCUT2D eigenvalue weighted by molar-refractivity contribution is 1.07. The maximum Gasteiger partial charge on any atom is 0.327 e. The van der Waals surface area contributed by atoms with Crippen molar-refractivity contribution in [3.8, 4) is 11.4 Å². The number of nitrogens with zero attached hydrogens (tertiary/aromatic N) is 1. The van der Waals surface area contributed by atoms with Crippen molar-refractivity contribution >= 4 is 11.2 Å². The van der Waals surface area contributed by atoms with Crippen molar-refractivity contribution in [1.82, 2.24) is 19.9 Å². The molecule has 0 unspecified atom stereocenters. The summed E-state index contributed by atoms with van der Waals surface area (Å²) in [7, 11) is 0. The quantitative estimate of drug-likeness (QED) is 0.592. The van der Waals surface area contributed by atoms with Gasteiger partial charge in [0.1, 0.15) is 11.3 Å². The van der Waals surface area contributed by atoms with Gasteiger partial charge in [-0.1, -0.05) is 29.8 Å². The Hall–Kier alpha value is -2.63. The molecule has 0 radical (unpaired) electrons. The van der Waals surface area contributed by atoms with E-state index < -0.39 is 11.2 Å². The minimum Gasteiger partial charge on any atom is -0.332 e. The van der Waals surface area contributed by atoms with E-state index in [-0.39, 0.29) is 11.2 Å². The second-order valence-electron chi connectivity index (χ2n) is 4.08. The molecule has 0 bridgehead atoms. The highest BCUT2D eigenvalue weighted by molar-refractivity contribution is 5.74. The molecule has 3 aromatic rings. The summed E-state index contributed by atoms with van der Waals surface area (Å²) in [6.07, 6.45) is 0. The van der Waals surface area contributed by atoms with Crippen LogP contribution in [-0.4, -0.2) is 19.9 Å². The van der Waals surface area contributed by atoms with Crippen molar-refractivity contribution in [2.45, 2.75) is 6.92 Å². The Kier molecular flexibility index (Phi) is 2.16. The molecular formula is C12H10N4O2. The Morgan fingerprint density at radius 2 is 1.72 bits per heavy atom. The Morgan fingerprint density at radius 3 is 2.44 bits per heavy atom. The van der Waals surface area contributed by atoms with Crippen LogP contribution in [0, 0.1) is 6.92 Å². The summed E-state index contributed by atoms with van der Waals surface area (Å²) in [4.78, 5) is 34.4. The van der Waals surface area contributed by atoms with Gasteiger partial charge in [0.05, 0.1) is 0 Å². The van der Waals surface area contributed by atoms with Crippen LogP contribution < -0.4 is 11.2 Å². The van der Waals surface area contributed by atoms with E-state index in [1.807, 2.05) is 31.2 Å². The van der Waals surface area contributed by atoms with E-state index >= 15 is 0 Å². The molecule has 0 aliphatic carbocycles. The topological polar surface area (TPSA) is 94.4 Å². The number of imidazole rings is 1. The van der Waals surface area contributed by atoms with E-state index in [0.29, 0.717) is 5.82 Å². The molecule has 3 N–H and O–H groups in total. The van der Waals surface area contributed by atoms with Crippen LogP contribution in [0.4, 0.5) is 0 Å². The predicted molar refractivity (Wildman–Crippen MR) is 67.5 cm³/mol. The van der Waals surface area contributed by atoms with Crippen molar-refractivity contribution < 1.29 is 0 Å². The van der Waals surface area contributed by atoms with Gasteiger partial charge in [0.25, 0.3) is 5.56 Å². The molecule has 2 aromatic heterocycles. The van der Waals surface area contributed by atoms with Gasteiger partial charge in [-0.3, -0.25) is 14.8 Å². The van der Waals surface area contributed by atoms with Gasteiger partial charge in [-0.15, -0.1) is 0 Å². The summed E-state index contributed by atoms with van der Waals surface area (Å²) < 4.78 is 0. The summed E-state index contributed by atoms with van der Waals surface area (Å²) >= 11 is 0. The monoisotopic (exact) mass is 242 g/mol. The lowest BCUT2D eigenvalue weighted by Gasteiger charge is -1.96. The van der Waals surface area contributed by atoms with Crippen LogP contribution in [0.25, 0.3) is 22.6 Å². The van der Waals surface area contributed by atoms with Crippen LogP contribution in [0.15, 0.2) is 33.9 Å². The van der Waals surface area contributed by atoms with Gasteiger partial charge in [-0.05, 0) is 6.92 Å². The average Bonchev–Trinajstić information content (AvgIpc) is 2.74. The summed E-state index contributed by atoms with van der Waals surface area (Å²) in [5.41, 5.74) is 1.50. The number of rotatable bonds is 1. The molecule has 0 fully saturated rings. The highest BCUT2D eigenvalue weighted by atomic mass is 16.2. The van der Waals surface area contributed by atoms with Crippen LogP contribution >= 0.6 is 0 Å². The van der Waals surface area contributed by atoms with E-state index in [2.05, 4.69) is 19.9 Å². The lowest BCUT2D eigenvalue weighted by Crippen LogP contribution is -2.21. The Morgan fingerprint density at radius 1 is 1.00 bits per heavy atom. The zero-order valence-corrected chi connectivity index (χ0v) is 9.57. The first-order valence-electron chi connectivity index (χ1n) is 5.43. The maximum absolute atomic E-state index is 11.6. The number of fused-ring (bicyclic) bond motifs is 1. The molecule has 0 saturated heterocycles. The molecule has 3 rings (SSSR count). The SMILES string of the molecule is Cc1ccc(-c2nc3[nH]c(=O)[nH]c(=O)c3[nH]2)cc1. The number of benzene rings is 1. The molecule has 2 heterocycles. The first-order chi connectivity index (χ1) is 8.63. The molecule has 0 aliphatic rings. The van der Waals surface area contributed by atoms with Crippen LogP contribution in [-0.2, 0) is 0 Å². The van der Waals surface area contributed by atoms with Crippen molar-refractivity contribution in [3.63, 3.8) is 0 Å². The van der Waals surface area contributed by atoms with Gasteiger partial charge < -0.3 is 4.98 Å². The van der Waals surface area contributed by atoms with Crippen LogP contribution in [0.1, 0.15) is 5.56 Å². The zero-order valence-electron chi connectivity index (χ0n) is 9.57. The number of aryl methyl sites for hydroxylation is 1. The Balaban J connectivity index is 2.25. The standard InChI is InChI=1S/C12H10N4O2/c1-6-2-4-7(5-3-6)9-13-8-10(14-9)15-12(18)16-11(8)17/h2-5H,1H3,(H3,13,14,15,16,17,18). The molecule has 0 amide bonds. The first kappa shape index (κ1) is 10.5. The van der Waals surface area contributed by atoms with Gasteiger partial charge in [0, 0.05) is 5.56 Å². The number of H-pyrrole nitrogens is 3. The number of aromatic nitrogens is 4. The summed E-state index contributed by atoms with van der Waals surface area (Å²) in [5.74, 6) is 0.553. The van der Waals surface area contributed by atoms with Gasteiger partial charge >= 0.3 is 5.69 Å². The molecule has 6 nitrogen and oxygen atoms in total. The minimum atomic E-state index is -0.561. The summed E-state index contributed by atoms with van der Waals surface area (Å²) in [5, 5.41) is 0. The Labute approximate surface area is 101 Å². The molecule has 0 aliphatic heterocycles. The largest absolute Gasteiger partial charge is 0.332 e. The van der Waals surface area contributed by atoms with Crippen LogP contribution in [0.3, 0.4) is 0 Å². The fourth-order valence-electron chi connectivity index (χ4n) is 1.78. The van der Waals surface area contributed by atoms with Gasteiger partial charge in [0.2, 0.25) is 0 Å².